The number of H-pyrrole nitrogens is 1. The quantitative estimate of drug-likeness (QED) is 0.737. The minimum absolute atomic E-state index is 0.544. The fourth-order valence-electron chi connectivity index (χ4n) is 3.62. The van der Waals surface area contributed by atoms with Gasteiger partial charge in [-0.05, 0) is 43.0 Å². The lowest BCUT2D eigenvalue weighted by Crippen LogP contribution is -2.33. The van der Waals surface area contributed by atoms with Crippen LogP contribution in [0.1, 0.15) is 35.4 Å². The predicted molar refractivity (Wildman–Crippen MR) is 101 cm³/mol. The van der Waals surface area contributed by atoms with Crippen LogP contribution in [-0.4, -0.2) is 33.2 Å². The fourth-order valence-corrected chi connectivity index (χ4v) is 3.62. The number of nitrogens with zero attached hydrogens (tertiary/aromatic N) is 3. The number of aromatic amines is 1. The first kappa shape index (κ1) is 16.8. The molecule has 0 aliphatic carbocycles. The van der Waals surface area contributed by atoms with E-state index in [0.717, 1.165) is 30.9 Å². The van der Waals surface area contributed by atoms with Crippen molar-refractivity contribution in [2.45, 2.75) is 31.9 Å². The van der Waals surface area contributed by atoms with Crippen molar-refractivity contribution >= 4 is 0 Å². The first-order valence-corrected chi connectivity index (χ1v) is 9.19. The molecule has 26 heavy (non-hydrogen) atoms. The number of nitrogens with one attached hydrogen (secondary N) is 1. The van der Waals surface area contributed by atoms with Crippen molar-refractivity contribution in [3.8, 4) is 5.75 Å². The van der Waals surface area contributed by atoms with Gasteiger partial charge in [0.15, 0.2) is 0 Å². The molecule has 5 nitrogen and oxygen atoms in total. The number of likely N-dealkylation sites (tertiary alicyclic amines) is 1. The van der Waals surface area contributed by atoms with E-state index < -0.39 is 0 Å². The summed E-state index contributed by atoms with van der Waals surface area (Å²) < 4.78 is 6.08. The van der Waals surface area contributed by atoms with Crippen LogP contribution in [0, 0.1) is 0 Å². The summed E-state index contributed by atoms with van der Waals surface area (Å²) >= 11 is 0. The molecule has 1 saturated heterocycles. The molecule has 1 aliphatic rings. The molecule has 0 bridgehead atoms. The summed E-state index contributed by atoms with van der Waals surface area (Å²) in [6.45, 7) is 3.65. The molecule has 134 valence electrons. The largest absolute Gasteiger partial charge is 0.489 e. The molecule has 0 unspecified atom stereocenters. The van der Waals surface area contributed by atoms with Gasteiger partial charge in [0.1, 0.15) is 12.4 Å². The lowest BCUT2D eigenvalue weighted by molar-refractivity contribution is 0.196. The molecule has 0 amide bonds. The molecule has 1 aliphatic heterocycles. The summed E-state index contributed by atoms with van der Waals surface area (Å²) in [5, 5.41) is 7.04. The van der Waals surface area contributed by atoms with Gasteiger partial charge < -0.3 is 4.74 Å². The zero-order valence-electron chi connectivity index (χ0n) is 14.8. The fraction of sp³-hybridized carbons (Fsp3) is 0.333. The maximum absolute atomic E-state index is 6.08. The van der Waals surface area contributed by atoms with Crippen LogP contribution in [-0.2, 0) is 13.2 Å². The second kappa shape index (κ2) is 8.15. The maximum atomic E-state index is 6.08. The van der Waals surface area contributed by atoms with Gasteiger partial charge in [-0.25, -0.2) is 0 Å². The van der Waals surface area contributed by atoms with E-state index in [4.69, 9.17) is 4.74 Å². The van der Waals surface area contributed by atoms with E-state index in [0.29, 0.717) is 12.5 Å². The summed E-state index contributed by atoms with van der Waals surface area (Å²) in [7, 11) is 0. The van der Waals surface area contributed by atoms with E-state index in [1.54, 1.807) is 6.20 Å². The molecule has 1 atom stereocenters. The maximum Gasteiger partial charge on any atom is 0.124 e. The molecule has 3 aromatic rings. The van der Waals surface area contributed by atoms with Crippen LogP contribution in [0.4, 0.5) is 0 Å². The van der Waals surface area contributed by atoms with E-state index in [9.17, 15) is 0 Å². The van der Waals surface area contributed by atoms with Crippen molar-refractivity contribution in [2.75, 3.05) is 13.1 Å². The molecule has 0 saturated carbocycles. The van der Waals surface area contributed by atoms with E-state index in [2.05, 4.69) is 38.3 Å². The Morgan fingerprint density at radius 3 is 2.96 bits per heavy atom. The molecule has 5 heteroatoms. The van der Waals surface area contributed by atoms with Crippen LogP contribution in [0.3, 0.4) is 0 Å². The highest BCUT2D eigenvalue weighted by Crippen LogP contribution is 2.29. The lowest BCUT2D eigenvalue weighted by Gasteiger charge is -2.32. The molecule has 0 radical (unpaired) electrons. The number of para-hydroxylation sites is 1. The lowest BCUT2D eigenvalue weighted by atomic mass is 9.92. The summed E-state index contributed by atoms with van der Waals surface area (Å²) in [4.78, 5) is 6.67. The molecule has 2 aromatic heterocycles. The average molecular weight is 348 g/mol. The van der Waals surface area contributed by atoms with Crippen LogP contribution >= 0.6 is 0 Å². The molecule has 4 rings (SSSR count). The van der Waals surface area contributed by atoms with Crippen LogP contribution in [0.2, 0.25) is 0 Å². The van der Waals surface area contributed by atoms with E-state index in [-0.39, 0.29) is 0 Å². The van der Waals surface area contributed by atoms with Gasteiger partial charge >= 0.3 is 0 Å². The number of hydrogen-bond donors (Lipinski definition) is 1. The zero-order valence-corrected chi connectivity index (χ0v) is 14.8. The van der Waals surface area contributed by atoms with Gasteiger partial charge in [-0.2, -0.15) is 5.10 Å². The molecule has 3 heterocycles. The predicted octanol–water partition coefficient (Wildman–Crippen LogP) is 3.76. The van der Waals surface area contributed by atoms with Gasteiger partial charge in [0, 0.05) is 42.8 Å². The van der Waals surface area contributed by atoms with Gasteiger partial charge in [-0.1, -0.05) is 24.3 Å². The van der Waals surface area contributed by atoms with Crippen molar-refractivity contribution in [3.63, 3.8) is 0 Å². The Balaban J connectivity index is 1.41. The van der Waals surface area contributed by atoms with Crippen molar-refractivity contribution in [1.29, 1.82) is 0 Å². The number of benzene rings is 1. The molecule has 0 spiro atoms. The number of piperidine rings is 1. The highest BCUT2D eigenvalue weighted by Gasteiger charge is 2.22. The van der Waals surface area contributed by atoms with Crippen molar-refractivity contribution in [3.05, 3.63) is 77.9 Å². The summed E-state index contributed by atoms with van der Waals surface area (Å²) in [6.07, 6.45) is 10.1. The zero-order chi connectivity index (χ0) is 17.6. The van der Waals surface area contributed by atoms with Crippen LogP contribution in [0.25, 0.3) is 0 Å². The van der Waals surface area contributed by atoms with E-state index in [1.165, 1.54) is 24.0 Å². The Kier molecular flexibility index (Phi) is 5.26. The van der Waals surface area contributed by atoms with Crippen LogP contribution in [0.5, 0.6) is 5.75 Å². The third kappa shape index (κ3) is 4.11. The van der Waals surface area contributed by atoms with Crippen molar-refractivity contribution in [1.82, 2.24) is 20.1 Å². The summed E-state index contributed by atoms with van der Waals surface area (Å²) in [5.41, 5.74) is 3.64. The summed E-state index contributed by atoms with van der Waals surface area (Å²) in [5.74, 6) is 1.52. The molecule has 1 N–H and O–H groups in total. The Morgan fingerprint density at radius 2 is 2.12 bits per heavy atom. The second-order valence-electron chi connectivity index (χ2n) is 6.86. The second-order valence-corrected chi connectivity index (χ2v) is 6.86. The third-order valence-corrected chi connectivity index (χ3v) is 4.98. The Morgan fingerprint density at radius 1 is 1.15 bits per heavy atom. The van der Waals surface area contributed by atoms with Gasteiger partial charge in [-0.15, -0.1) is 0 Å². The van der Waals surface area contributed by atoms with E-state index >= 15 is 0 Å². The van der Waals surface area contributed by atoms with Crippen LogP contribution in [0.15, 0.2) is 61.2 Å². The first-order valence-electron chi connectivity index (χ1n) is 9.19. The SMILES string of the molecule is c1cncc(COc2ccccc2CN2CCC[C@H](c3cn[nH]c3)C2)c1. The van der Waals surface area contributed by atoms with Crippen molar-refractivity contribution in [2.24, 2.45) is 0 Å². The number of aromatic nitrogens is 3. The van der Waals surface area contributed by atoms with Gasteiger partial charge in [0.05, 0.1) is 6.20 Å². The average Bonchev–Trinajstić information content (AvgIpc) is 3.23. The normalized spacial score (nSPS) is 17.9. The number of hydrogen-bond acceptors (Lipinski definition) is 4. The Hall–Kier alpha value is -2.66. The van der Waals surface area contributed by atoms with Crippen molar-refractivity contribution < 1.29 is 4.74 Å². The number of rotatable bonds is 6. The molecule has 1 fully saturated rings. The first-order chi connectivity index (χ1) is 12.9. The van der Waals surface area contributed by atoms with Gasteiger partial charge in [0.2, 0.25) is 0 Å². The standard InChI is InChI=1S/C21H24N4O/c1-2-8-21(26-16-17-5-3-9-22-11-17)19(6-1)15-25-10-4-7-18(14-25)20-12-23-24-13-20/h1-3,5-6,8-9,11-13,18H,4,7,10,14-16H2,(H,23,24)/t18-/m0/s1. The van der Waals surface area contributed by atoms with Crippen LogP contribution < -0.4 is 4.74 Å². The topological polar surface area (TPSA) is 54.0 Å². The minimum atomic E-state index is 0.544. The Labute approximate surface area is 154 Å². The number of ether oxygens (including phenoxy) is 1. The smallest absolute Gasteiger partial charge is 0.124 e. The van der Waals surface area contributed by atoms with E-state index in [1.807, 2.05) is 36.8 Å². The highest BCUT2D eigenvalue weighted by atomic mass is 16.5. The molecular weight excluding hydrogens is 324 g/mol. The van der Waals surface area contributed by atoms with Gasteiger partial charge in [-0.3, -0.25) is 15.0 Å². The highest BCUT2D eigenvalue weighted by molar-refractivity contribution is 5.33. The Bertz CT molecular complexity index is 804. The minimum Gasteiger partial charge on any atom is -0.489 e. The monoisotopic (exact) mass is 348 g/mol. The molecule has 1 aromatic carbocycles. The number of pyridine rings is 1. The molecular formula is C21H24N4O. The third-order valence-electron chi connectivity index (χ3n) is 4.98. The summed E-state index contributed by atoms with van der Waals surface area (Å²) in [6, 6.07) is 12.3. The van der Waals surface area contributed by atoms with Gasteiger partial charge in [0.25, 0.3) is 0 Å².